The molecule has 0 bridgehead atoms. The first-order chi connectivity index (χ1) is 10.6. The molecule has 23 heavy (non-hydrogen) atoms. The van der Waals surface area contributed by atoms with E-state index in [1.54, 1.807) is 11.8 Å². The van der Waals surface area contributed by atoms with Gasteiger partial charge in [0.1, 0.15) is 0 Å². The zero-order valence-corrected chi connectivity index (χ0v) is 15.3. The minimum absolute atomic E-state index is 0.0154. The van der Waals surface area contributed by atoms with Crippen LogP contribution in [0.25, 0.3) is 0 Å². The van der Waals surface area contributed by atoms with E-state index >= 15 is 0 Å². The van der Waals surface area contributed by atoms with Gasteiger partial charge in [-0.1, -0.05) is 52.8 Å². The molecular formula is C19H30N2O2. The van der Waals surface area contributed by atoms with E-state index in [0.29, 0.717) is 25.4 Å². The van der Waals surface area contributed by atoms with Crippen LogP contribution in [0, 0.1) is 5.92 Å². The third-order valence-electron chi connectivity index (χ3n) is 3.65. The number of hydrogen-bond acceptors (Lipinski definition) is 2. The number of nitrogens with zero attached hydrogens (tertiary/aromatic N) is 1. The van der Waals surface area contributed by atoms with Crippen molar-refractivity contribution < 1.29 is 9.59 Å². The first kappa shape index (κ1) is 19.2. The van der Waals surface area contributed by atoms with E-state index in [2.05, 4.69) is 39.9 Å². The molecule has 0 aliphatic carbocycles. The van der Waals surface area contributed by atoms with Crippen molar-refractivity contribution in [3.05, 3.63) is 29.8 Å². The van der Waals surface area contributed by atoms with E-state index in [1.807, 2.05) is 24.3 Å². The van der Waals surface area contributed by atoms with Crippen LogP contribution in [0.2, 0.25) is 0 Å². The SMILES string of the molecule is CC(=O)N(CCC(=O)Nc1ccccc1C(C)(C)C)CC(C)C. The molecule has 0 aliphatic heterocycles. The maximum atomic E-state index is 12.3. The smallest absolute Gasteiger partial charge is 0.226 e. The van der Waals surface area contributed by atoms with Gasteiger partial charge in [0.15, 0.2) is 0 Å². The van der Waals surface area contributed by atoms with Gasteiger partial charge in [0.05, 0.1) is 0 Å². The monoisotopic (exact) mass is 318 g/mol. The highest BCUT2D eigenvalue weighted by atomic mass is 16.2. The van der Waals surface area contributed by atoms with E-state index < -0.39 is 0 Å². The van der Waals surface area contributed by atoms with Gasteiger partial charge in [-0.2, -0.15) is 0 Å². The van der Waals surface area contributed by atoms with Crippen LogP contribution in [0.3, 0.4) is 0 Å². The molecule has 0 heterocycles. The van der Waals surface area contributed by atoms with Crippen molar-refractivity contribution in [2.75, 3.05) is 18.4 Å². The summed E-state index contributed by atoms with van der Waals surface area (Å²) in [6.07, 6.45) is 0.310. The molecular weight excluding hydrogens is 288 g/mol. The fourth-order valence-corrected chi connectivity index (χ4v) is 2.51. The maximum Gasteiger partial charge on any atom is 0.226 e. The van der Waals surface area contributed by atoms with Gasteiger partial charge >= 0.3 is 0 Å². The number of para-hydroxylation sites is 1. The molecule has 1 aromatic carbocycles. The molecule has 0 spiro atoms. The zero-order valence-electron chi connectivity index (χ0n) is 15.3. The molecule has 4 heteroatoms. The van der Waals surface area contributed by atoms with Crippen molar-refractivity contribution >= 4 is 17.5 Å². The molecule has 0 unspecified atom stereocenters. The molecule has 0 atom stereocenters. The van der Waals surface area contributed by atoms with Crippen LogP contribution < -0.4 is 5.32 Å². The average Bonchev–Trinajstić information content (AvgIpc) is 2.42. The predicted molar refractivity (Wildman–Crippen MR) is 95.5 cm³/mol. The second-order valence-corrected chi connectivity index (χ2v) is 7.45. The topological polar surface area (TPSA) is 49.4 Å². The Morgan fingerprint density at radius 1 is 1.17 bits per heavy atom. The number of amides is 2. The summed E-state index contributed by atoms with van der Waals surface area (Å²) in [5, 5.41) is 2.99. The Bertz CT molecular complexity index is 545. The Kier molecular flexibility index (Phi) is 6.79. The van der Waals surface area contributed by atoms with Crippen molar-refractivity contribution in [1.29, 1.82) is 0 Å². The number of rotatable bonds is 6. The Labute approximate surface area is 140 Å². The van der Waals surface area contributed by atoms with Gasteiger partial charge in [-0.25, -0.2) is 0 Å². The van der Waals surface area contributed by atoms with E-state index in [-0.39, 0.29) is 17.2 Å². The van der Waals surface area contributed by atoms with Crippen LogP contribution in [0.4, 0.5) is 5.69 Å². The minimum Gasteiger partial charge on any atom is -0.342 e. The van der Waals surface area contributed by atoms with Gasteiger partial charge in [0, 0.05) is 32.1 Å². The summed E-state index contributed by atoms with van der Waals surface area (Å²) < 4.78 is 0. The van der Waals surface area contributed by atoms with E-state index in [1.165, 1.54) is 0 Å². The summed E-state index contributed by atoms with van der Waals surface area (Å²) in [4.78, 5) is 25.6. The number of benzene rings is 1. The molecule has 1 N–H and O–H groups in total. The summed E-state index contributed by atoms with van der Waals surface area (Å²) in [5.41, 5.74) is 1.93. The number of anilines is 1. The number of hydrogen-bond donors (Lipinski definition) is 1. The molecule has 1 aromatic rings. The van der Waals surface area contributed by atoms with Crippen molar-refractivity contribution in [3.63, 3.8) is 0 Å². The van der Waals surface area contributed by atoms with Crippen molar-refractivity contribution in [2.45, 2.75) is 53.4 Å². The predicted octanol–water partition coefficient (Wildman–Crippen LogP) is 3.82. The fourth-order valence-electron chi connectivity index (χ4n) is 2.51. The van der Waals surface area contributed by atoms with Gasteiger partial charge in [0.25, 0.3) is 0 Å². The van der Waals surface area contributed by atoms with Crippen molar-refractivity contribution in [2.24, 2.45) is 5.92 Å². The van der Waals surface area contributed by atoms with E-state index in [4.69, 9.17) is 0 Å². The summed E-state index contributed by atoms with van der Waals surface area (Å²) in [6.45, 7) is 13.2. The summed E-state index contributed by atoms with van der Waals surface area (Å²) in [5.74, 6) is 0.349. The minimum atomic E-state index is -0.0586. The lowest BCUT2D eigenvalue weighted by atomic mass is 9.86. The average molecular weight is 318 g/mol. The lowest BCUT2D eigenvalue weighted by Gasteiger charge is -2.24. The molecule has 0 aromatic heterocycles. The van der Waals surface area contributed by atoms with Crippen LogP contribution in [0.1, 0.15) is 53.5 Å². The highest BCUT2D eigenvalue weighted by molar-refractivity contribution is 5.92. The molecule has 0 aliphatic rings. The molecule has 2 amide bonds. The third-order valence-corrected chi connectivity index (χ3v) is 3.65. The maximum absolute atomic E-state index is 12.3. The second-order valence-electron chi connectivity index (χ2n) is 7.45. The van der Waals surface area contributed by atoms with Gasteiger partial charge < -0.3 is 10.2 Å². The van der Waals surface area contributed by atoms with E-state index in [9.17, 15) is 9.59 Å². The van der Waals surface area contributed by atoms with Crippen LogP contribution in [-0.2, 0) is 15.0 Å². The normalized spacial score (nSPS) is 11.4. The van der Waals surface area contributed by atoms with Gasteiger partial charge in [-0.05, 0) is 23.0 Å². The molecule has 128 valence electrons. The highest BCUT2D eigenvalue weighted by Gasteiger charge is 2.19. The summed E-state index contributed by atoms with van der Waals surface area (Å²) >= 11 is 0. The Morgan fingerprint density at radius 2 is 1.78 bits per heavy atom. The number of nitrogens with one attached hydrogen (secondary N) is 1. The zero-order chi connectivity index (χ0) is 17.6. The fraction of sp³-hybridized carbons (Fsp3) is 0.579. The largest absolute Gasteiger partial charge is 0.342 e. The van der Waals surface area contributed by atoms with Crippen molar-refractivity contribution in [1.82, 2.24) is 4.90 Å². The van der Waals surface area contributed by atoms with Crippen LogP contribution in [0.15, 0.2) is 24.3 Å². The Balaban J connectivity index is 2.69. The van der Waals surface area contributed by atoms with Gasteiger partial charge in [0.2, 0.25) is 11.8 Å². The lowest BCUT2D eigenvalue weighted by Crippen LogP contribution is -2.35. The Morgan fingerprint density at radius 3 is 2.30 bits per heavy atom. The highest BCUT2D eigenvalue weighted by Crippen LogP contribution is 2.29. The molecule has 0 saturated carbocycles. The lowest BCUT2D eigenvalue weighted by molar-refractivity contribution is -0.129. The molecule has 1 rings (SSSR count). The van der Waals surface area contributed by atoms with Crippen LogP contribution in [0.5, 0.6) is 0 Å². The second kappa shape index (κ2) is 8.14. The first-order valence-corrected chi connectivity index (χ1v) is 8.26. The molecule has 0 fully saturated rings. The molecule has 0 radical (unpaired) electrons. The molecule has 0 saturated heterocycles. The number of carbonyl (C=O) groups is 2. The first-order valence-electron chi connectivity index (χ1n) is 8.26. The van der Waals surface area contributed by atoms with Crippen molar-refractivity contribution in [3.8, 4) is 0 Å². The number of carbonyl (C=O) groups excluding carboxylic acids is 2. The third kappa shape index (κ3) is 6.43. The van der Waals surface area contributed by atoms with Crippen LogP contribution in [-0.4, -0.2) is 29.8 Å². The standard InChI is InChI=1S/C19H30N2O2/c1-14(2)13-21(15(3)22)12-11-18(23)20-17-10-8-7-9-16(17)19(4,5)6/h7-10,14H,11-13H2,1-6H3,(H,20,23). The van der Waals surface area contributed by atoms with Crippen LogP contribution >= 0.6 is 0 Å². The van der Waals surface area contributed by atoms with E-state index in [0.717, 1.165) is 11.3 Å². The van der Waals surface area contributed by atoms with Gasteiger partial charge in [-0.15, -0.1) is 0 Å². The quantitative estimate of drug-likeness (QED) is 0.867. The molecule has 4 nitrogen and oxygen atoms in total. The Hall–Kier alpha value is -1.84. The summed E-state index contributed by atoms with van der Waals surface area (Å²) in [7, 11) is 0. The van der Waals surface area contributed by atoms with Gasteiger partial charge in [-0.3, -0.25) is 9.59 Å². The summed E-state index contributed by atoms with van der Waals surface area (Å²) in [6, 6.07) is 7.87.